The molecule has 0 spiro atoms. The van der Waals surface area contributed by atoms with Crippen molar-refractivity contribution in [3.63, 3.8) is 0 Å². The number of aryl methyl sites for hydroxylation is 1. The number of nitrogens with zero attached hydrogens (tertiary/aromatic N) is 2. The van der Waals surface area contributed by atoms with Gasteiger partial charge in [0.15, 0.2) is 11.5 Å². The third kappa shape index (κ3) is 4.18. The fourth-order valence-electron chi connectivity index (χ4n) is 4.24. The smallest absolute Gasteiger partial charge is 0.258 e. The Labute approximate surface area is 213 Å². The highest BCUT2D eigenvalue weighted by atomic mass is 16.5. The first-order valence-corrected chi connectivity index (χ1v) is 11.5. The van der Waals surface area contributed by atoms with Gasteiger partial charge in [0.1, 0.15) is 11.5 Å². The number of imide groups is 2. The standard InChI is InChI=1S/C29H22N2O6/c1-17-16-24(36-22-10-6-4-8-20(22)30-25(32)12-13-26(30)33)18(2)19(3)29(17)37-23-11-7-5-9-21(23)31-27(34)14-15-28(31)35/h4-16H,1-3H3. The van der Waals surface area contributed by atoms with E-state index in [0.717, 1.165) is 26.5 Å². The van der Waals surface area contributed by atoms with Crippen LogP contribution in [0.3, 0.4) is 0 Å². The van der Waals surface area contributed by atoms with Crippen LogP contribution in [0.2, 0.25) is 0 Å². The fraction of sp³-hybridized carbons (Fsp3) is 0.103. The Kier molecular flexibility index (Phi) is 5.93. The van der Waals surface area contributed by atoms with Gasteiger partial charge in [0.2, 0.25) is 0 Å². The van der Waals surface area contributed by atoms with Crippen molar-refractivity contribution < 1.29 is 28.7 Å². The zero-order valence-electron chi connectivity index (χ0n) is 20.3. The first kappa shape index (κ1) is 23.7. The Hall–Kier alpha value is -4.98. The van der Waals surface area contributed by atoms with Crippen LogP contribution in [0.4, 0.5) is 11.4 Å². The number of para-hydroxylation sites is 4. The third-order valence-corrected chi connectivity index (χ3v) is 6.24. The highest BCUT2D eigenvalue weighted by molar-refractivity contribution is 6.29. The van der Waals surface area contributed by atoms with Crippen LogP contribution in [0, 0.1) is 20.8 Å². The van der Waals surface area contributed by atoms with E-state index in [4.69, 9.17) is 9.47 Å². The quantitative estimate of drug-likeness (QED) is 0.445. The van der Waals surface area contributed by atoms with Crippen molar-refractivity contribution in [3.05, 3.63) is 95.6 Å². The number of anilines is 2. The molecule has 0 aliphatic carbocycles. The molecular formula is C29H22N2O6. The fourth-order valence-corrected chi connectivity index (χ4v) is 4.24. The summed E-state index contributed by atoms with van der Waals surface area (Å²) in [7, 11) is 0. The summed E-state index contributed by atoms with van der Waals surface area (Å²) in [6, 6.07) is 15.5. The van der Waals surface area contributed by atoms with Crippen molar-refractivity contribution >= 4 is 35.0 Å². The summed E-state index contributed by atoms with van der Waals surface area (Å²) in [6.45, 7) is 5.61. The van der Waals surface area contributed by atoms with Crippen LogP contribution in [-0.4, -0.2) is 23.6 Å². The molecule has 0 fully saturated rings. The van der Waals surface area contributed by atoms with E-state index in [2.05, 4.69) is 0 Å². The molecule has 0 saturated heterocycles. The Morgan fingerprint density at radius 1 is 0.541 bits per heavy atom. The van der Waals surface area contributed by atoms with Gasteiger partial charge in [-0.2, -0.15) is 0 Å². The molecule has 2 heterocycles. The molecule has 2 aliphatic rings. The van der Waals surface area contributed by atoms with Gasteiger partial charge in [0.05, 0.1) is 11.4 Å². The van der Waals surface area contributed by atoms with Gasteiger partial charge >= 0.3 is 0 Å². The van der Waals surface area contributed by atoms with Gasteiger partial charge in [-0.15, -0.1) is 0 Å². The number of ether oxygens (including phenoxy) is 2. The molecular weight excluding hydrogens is 472 g/mol. The highest BCUT2D eigenvalue weighted by Crippen LogP contribution is 2.42. The summed E-state index contributed by atoms with van der Waals surface area (Å²) in [6.07, 6.45) is 4.90. The highest BCUT2D eigenvalue weighted by Gasteiger charge is 2.29. The van der Waals surface area contributed by atoms with Gasteiger partial charge in [0, 0.05) is 24.3 Å². The minimum absolute atomic E-state index is 0.347. The van der Waals surface area contributed by atoms with Crippen molar-refractivity contribution in [2.75, 3.05) is 9.80 Å². The van der Waals surface area contributed by atoms with Crippen LogP contribution >= 0.6 is 0 Å². The predicted octanol–water partition coefficient (Wildman–Crippen LogP) is 5.06. The van der Waals surface area contributed by atoms with Gasteiger partial charge in [-0.1, -0.05) is 24.3 Å². The lowest BCUT2D eigenvalue weighted by molar-refractivity contribution is -0.121. The molecule has 8 nitrogen and oxygen atoms in total. The lowest BCUT2D eigenvalue weighted by Gasteiger charge is -2.22. The molecule has 184 valence electrons. The summed E-state index contributed by atoms with van der Waals surface area (Å²) >= 11 is 0. The summed E-state index contributed by atoms with van der Waals surface area (Å²) in [4.78, 5) is 51.1. The van der Waals surface area contributed by atoms with Crippen molar-refractivity contribution in [1.82, 2.24) is 0 Å². The maximum Gasteiger partial charge on any atom is 0.258 e. The summed E-state index contributed by atoms with van der Waals surface area (Å²) in [5, 5.41) is 0. The van der Waals surface area contributed by atoms with Gasteiger partial charge < -0.3 is 9.47 Å². The van der Waals surface area contributed by atoms with E-state index in [1.54, 1.807) is 54.6 Å². The molecule has 0 radical (unpaired) electrons. The average molecular weight is 495 g/mol. The van der Waals surface area contributed by atoms with E-state index in [1.807, 2.05) is 20.8 Å². The Morgan fingerprint density at radius 2 is 0.973 bits per heavy atom. The molecule has 3 aromatic carbocycles. The van der Waals surface area contributed by atoms with Gasteiger partial charge in [0.25, 0.3) is 23.6 Å². The number of hydrogen-bond donors (Lipinski definition) is 0. The first-order valence-electron chi connectivity index (χ1n) is 11.5. The van der Waals surface area contributed by atoms with E-state index < -0.39 is 23.6 Å². The van der Waals surface area contributed by atoms with Crippen LogP contribution in [-0.2, 0) is 19.2 Å². The average Bonchev–Trinajstić information content (AvgIpc) is 3.40. The molecule has 5 rings (SSSR count). The normalized spacial score (nSPS) is 14.8. The second kappa shape index (κ2) is 9.23. The number of hydrogen-bond acceptors (Lipinski definition) is 6. The lowest BCUT2D eigenvalue weighted by atomic mass is 10.0. The monoisotopic (exact) mass is 494 g/mol. The van der Waals surface area contributed by atoms with Gasteiger partial charge in [-0.25, -0.2) is 9.80 Å². The SMILES string of the molecule is Cc1cc(Oc2ccccc2N2C(=O)C=CC2=O)c(C)c(C)c1Oc1ccccc1N1C(=O)C=CC1=O. The number of amides is 4. The zero-order valence-corrected chi connectivity index (χ0v) is 20.3. The van der Waals surface area contributed by atoms with Crippen molar-refractivity contribution in [2.45, 2.75) is 20.8 Å². The van der Waals surface area contributed by atoms with E-state index >= 15 is 0 Å². The number of carbonyl (C=O) groups is 4. The van der Waals surface area contributed by atoms with E-state index in [-0.39, 0.29) is 0 Å². The molecule has 0 bridgehead atoms. The molecule has 0 unspecified atom stereocenters. The lowest BCUT2D eigenvalue weighted by Crippen LogP contribution is -2.29. The predicted molar refractivity (Wildman–Crippen MR) is 137 cm³/mol. The molecule has 37 heavy (non-hydrogen) atoms. The summed E-state index contributed by atoms with van der Waals surface area (Å²) < 4.78 is 12.5. The summed E-state index contributed by atoms with van der Waals surface area (Å²) in [5.41, 5.74) is 3.01. The molecule has 0 saturated carbocycles. The Morgan fingerprint density at radius 3 is 1.46 bits per heavy atom. The second-order valence-corrected chi connectivity index (χ2v) is 8.60. The summed E-state index contributed by atoms with van der Waals surface area (Å²) in [5.74, 6) is 0.0753. The number of benzene rings is 3. The number of rotatable bonds is 6. The van der Waals surface area contributed by atoms with Crippen molar-refractivity contribution in [3.8, 4) is 23.0 Å². The zero-order chi connectivity index (χ0) is 26.3. The molecule has 0 aromatic heterocycles. The van der Waals surface area contributed by atoms with Crippen LogP contribution in [0.5, 0.6) is 23.0 Å². The Balaban J connectivity index is 1.48. The van der Waals surface area contributed by atoms with Crippen molar-refractivity contribution in [1.29, 1.82) is 0 Å². The maximum absolute atomic E-state index is 12.3. The number of carbonyl (C=O) groups excluding carboxylic acids is 4. The van der Waals surface area contributed by atoms with Gasteiger partial charge in [-0.05, 0) is 67.8 Å². The minimum atomic E-state index is -0.433. The largest absolute Gasteiger partial charge is 0.455 e. The van der Waals surface area contributed by atoms with Crippen LogP contribution in [0.15, 0.2) is 78.9 Å². The van der Waals surface area contributed by atoms with E-state index in [1.165, 1.54) is 24.3 Å². The molecule has 2 aliphatic heterocycles. The first-order chi connectivity index (χ1) is 17.8. The topological polar surface area (TPSA) is 93.2 Å². The van der Waals surface area contributed by atoms with E-state index in [0.29, 0.717) is 34.4 Å². The van der Waals surface area contributed by atoms with Crippen molar-refractivity contribution in [2.24, 2.45) is 0 Å². The molecule has 4 amide bonds. The van der Waals surface area contributed by atoms with Crippen LogP contribution in [0.1, 0.15) is 16.7 Å². The third-order valence-electron chi connectivity index (χ3n) is 6.24. The second-order valence-electron chi connectivity index (χ2n) is 8.60. The van der Waals surface area contributed by atoms with Gasteiger partial charge in [-0.3, -0.25) is 19.2 Å². The molecule has 8 heteroatoms. The minimum Gasteiger partial charge on any atom is -0.455 e. The van der Waals surface area contributed by atoms with E-state index in [9.17, 15) is 19.2 Å². The van der Waals surface area contributed by atoms with Crippen LogP contribution in [0.25, 0.3) is 0 Å². The molecule has 0 atom stereocenters. The Bertz CT molecular complexity index is 1520. The molecule has 3 aromatic rings. The van der Waals surface area contributed by atoms with Crippen LogP contribution < -0.4 is 19.3 Å². The molecule has 0 N–H and O–H groups in total. The maximum atomic E-state index is 12.3.